The highest BCUT2D eigenvalue weighted by molar-refractivity contribution is 5.93. The number of hydrogen-bond donors (Lipinski definition) is 1. The third-order valence-electron chi connectivity index (χ3n) is 6.06. The number of nitrogens with two attached hydrogens (primary N) is 1. The number of carbonyl (C=O) groups is 2. The molecule has 0 saturated carbocycles. The smallest absolute Gasteiger partial charge is 0.267 e. The zero-order chi connectivity index (χ0) is 24.1. The van der Waals surface area contributed by atoms with Gasteiger partial charge in [0.2, 0.25) is 11.9 Å². The van der Waals surface area contributed by atoms with E-state index >= 15 is 0 Å². The maximum Gasteiger partial charge on any atom is 0.267 e. The summed E-state index contributed by atoms with van der Waals surface area (Å²) in [5.74, 6) is 2.55. The fraction of sp³-hybridized carbons (Fsp3) is 0.375. The first-order valence-corrected chi connectivity index (χ1v) is 11.1. The third kappa shape index (κ3) is 5.15. The number of primary amides is 1. The Morgan fingerprint density at radius 1 is 1.24 bits per heavy atom. The number of aromatic nitrogens is 4. The van der Waals surface area contributed by atoms with E-state index in [0.717, 1.165) is 31.3 Å². The van der Waals surface area contributed by atoms with Crippen LogP contribution >= 0.6 is 0 Å². The summed E-state index contributed by atoms with van der Waals surface area (Å²) in [6.07, 6.45) is 12.2. The molecule has 0 unspecified atom stereocenters. The van der Waals surface area contributed by atoms with Gasteiger partial charge in [0.25, 0.3) is 5.91 Å². The highest BCUT2D eigenvalue weighted by Gasteiger charge is 2.26. The van der Waals surface area contributed by atoms with Crippen molar-refractivity contribution in [1.29, 1.82) is 0 Å². The van der Waals surface area contributed by atoms with Crippen LogP contribution in [0.2, 0.25) is 0 Å². The van der Waals surface area contributed by atoms with Gasteiger partial charge >= 0.3 is 0 Å². The SMILES string of the molecule is C#Cc1cnc(N2CCC(N(C)C(=O)COCCn3ccc4ccc(C(N)=O)nc43)CC2)nc1. The molecule has 1 saturated heterocycles. The molecule has 1 aliphatic rings. The van der Waals surface area contributed by atoms with Crippen molar-refractivity contribution in [3.63, 3.8) is 0 Å². The maximum absolute atomic E-state index is 12.6. The van der Waals surface area contributed by atoms with Crippen molar-refractivity contribution in [3.05, 3.63) is 48.0 Å². The van der Waals surface area contributed by atoms with Crippen LogP contribution in [-0.2, 0) is 16.1 Å². The number of anilines is 1. The van der Waals surface area contributed by atoms with Gasteiger partial charge in [-0.2, -0.15) is 0 Å². The number of terminal acetylenes is 1. The van der Waals surface area contributed by atoms with Crippen LogP contribution in [0.1, 0.15) is 28.9 Å². The molecule has 176 valence electrons. The molecule has 0 spiro atoms. The Bertz CT molecular complexity index is 1210. The molecule has 34 heavy (non-hydrogen) atoms. The molecule has 0 aromatic carbocycles. The molecule has 2 amide bonds. The standard InChI is InChI=1S/C24H27N7O3/c1-3-17-14-26-24(27-15-17)31-10-7-19(8-11-31)29(2)21(32)16-34-13-12-30-9-6-18-4-5-20(22(25)33)28-23(18)30/h1,4-6,9,14-15,19H,7-8,10-13,16H2,2H3,(H2,25,33). The summed E-state index contributed by atoms with van der Waals surface area (Å²) >= 11 is 0. The van der Waals surface area contributed by atoms with E-state index in [1.165, 1.54) is 0 Å². The molecule has 0 aliphatic carbocycles. The lowest BCUT2D eigenvalue weighted by molar-refractivity contribution is -0.137. The van der Waals surface area contributed by atoms with E-state index in [0.29, 0.717) is 30.3 Å². The third-order valence-corrected chi connectivity index (χ3v) is 6.06. The molecule has 4 heterocycles. The highest BCUT2D eigenvalue weighted by Crippen LogP contribution is 2.19. The molecular formula is C24H27N7O3. The van der Waals surface area contributed by atoms with Gasteiger partial charge in [0, 0.05) is 56.7 Å². The van der Waals surface area contributed by atoms with Crippen LogP contribution < -0.4 is 10.6 Å². The van der Waals surface area contributed by atoms with Crippen LogP contribution in [0.3, 0.4) is 0 Å². The second-order valence-electron chi connectivity index (χ2n) is 8.17. The largest absolute Gasteiger partial charge is 0.370 e. The maximum atomic E-state index is 12.6. The van der Waals surface area contributed by atoms with E-state index in [-0.39, 0.29) is 24.2 Å². The number of carbonyl (C=O) groups excluding carboxylic acids is 2. The van der Waals surface area contributed by atoms with Crippen molar-refractivity contribution in [2.24, 2.45) is 5.73 Å². The normalized spacial score (nSPS) is 14.2. The Kier molecular flexibility index (Phi) is 7.04. The average molecular weight is 462 g/mol. The molecule has 0 bridgehead atoms. The second-order valence-corrected chi connectivity index (χ2v) is 8.17. The molecule has 10 nitrogen and oxygen atoms in total. The van der Waals surface area contributed by atoms with Gasteiger partial charge in [-0.15, -0.1) is 6.42 Å². The topological polar surface area (TPSA) is 119 Å². The minimum absolute atomic E-state index is 0.00649. The van der Waals surface area contributed by atoms with Gasteiger partial charge in [0.1, 0.15) is 17.9 Å². The number of fused-ring (bicyclic) bond motifs is 1. The van der Waals surface area contributed by atoms with E-state index in [1.807, 2.05) is 29.9 Å². The van der Waals surface area contributed by atoms with Crippen molar-refractivity contribution in [3.8, 4) is 12.3 Å². The van der Waals surface area contributed by atoms with Gasteiger partial charge in [-0.25, -0.2) is 15.0 Å². The lowest BCUT2D eigenvalue weighted by atomic mass is 10.0. The van der Waals surface area contributed by atoms with Gasteiger partial charge in [-0.05, 0) is 31.0 Å². The zero-order valence-corrected chi connectivity index (χ0v) is 19.1. The predicted octanol–water partition coefficient (Wildman–Crippen LogP) is 1.05. The molecule has 0 atom stereocenters. The van der Waals surface area contributed by atoms with Gasteiger partial charge in [0.05, 0.1) is 12.2 Å². The summed E-state index contributed by atoms with van der Waals surface area (Å²) < 4.78 is 7.52. The van der Waals surface area contributed by atoms with Crippen molar-refractivity contribution in [2.75, 3.05) is 38.3 Å². The van der Waals surface area contributed by atoms with Crippen molar-refractivity contribution >= 4 is 28.8 Å². The van der Waals surface area contributed by atoms with E-state index in [9.17, 15) is 9.59 Å². The molecule has 2 N–H and O–H groups in total. The van der Waals surface area contributed by atoms with Gasteiger partial charge in [0.15, 0.2) is 0 Å². The second kappa shape index (κ2) is 10.3. The molecular weight excluding hydrogens is 434 g/mol. The summed E-state index contributed by atoms with van der Waals surface area (Å²) in [4.78, 5) is 40.9. The van der Waals surface area contributed by atoms with Crippen LogP contribution in [0.15, 0.2) is 36.8 Å². The first-order valence-electron chi connectivity index (χ1n) is 11.1. The molecule has 10 heteroatoms. The Hall–Kier alpha value is -3.97. The molecule has 0 radical (unpaired) electrons. The molecule has 1 aliphatic heterocycles. The predicted molar refractivity (Wildman–Crippen MR) is 127 cm³/mol. The number of hydrogen-bond acceptors (Lipinski definition) is 7. The summed E-state index contributed by atoms with van der Waals surface area (Å²) in [5.41, 5.74) is 6.85. The highest BCUT2D eigenvalue weighted by atomic mass is 16.5. The quantitative estimate of drug-likeness (QED) is 0.393. The average Bonchev–Trinajstić information content (AvgIpc) is 3.28. The van der Waals surface area contributed by atoms with Gasteiger partial charge < -0.3 is 24.8 Å². The monoisotopic (exact) mass is 461 g/mol. The van der Waals surface area contributed by atoms with Crippen LogP contribution in [0.4, 0.5) is 5.95 Å². The minimum atomic E-state index is -0.570. The molecule has 3 aromatic heterocycles. The lowest BCUT2D eigenvalue weighted by Crippen LogP contribution is -2.47. The van der Waals surface area contributed by atoms with Crippen LogP contribution in [0.25, 0.3) is 11.0 Å². The summed E-state index contributed by atoms with van der Waals surface area (Å²) in [6, 6.07) is 5.46. The number of rotatable bonds is 8. The first-order chi connectivity index (χ1) is 16.5. The zero-order valence-electron chi connectivity index (χ0n) is 19.1. The Labute approximate surface area is 197 Å². The van der Waals surface area contributed by atoms with E-state index < -0.39 is 5.91 Å². The lowest BCUT2D eigenvalue weighted by Gasteiger charge is -2.36. The Morgan fingerprint density at radius 2 is 1.97 bits per heavy atom. The molecule has 1 fully saturated rings. The summed E-state index contributed by atoms with van der Waals surface area (Å²) in [7, 11) is 1.82. The number of nitrogens with zero attached hydrogens (tertiary/aromatic N) is 6. The fourth-order valence-electron chi connectivity index (χ4n) is 4.02. The van der Waals surface area contributed by atoms with Gasteiger partial charge in [-0.1, -0.05) is 5.92 Å². The summed E-state index contributed by atoms with van der Waals surface area (Å²) in [5, 5.41) is 0.907. The molecule has 4 rings (SSSR count). The number of piperidine rings is 1. The molecule has 3 aromatic rings. The first kappa shape index (κ1) is 23.2. The fourth-order valence-corrected chi connectivity index (χ4v) is 4.02. The summed E-state index contributed by atoms with van der Waals surface area (Å²) in [6.45, 7) is 2.38. The van der Waals surface area contributed by atoms with E-state index in [4.69, 9.17) is 16.9 Å². The van der Waals surface area contributed by atoms with Crippen molar-refractivity contribution in [2.45, 2.75) is 25.4 Å². The van der Waals surface area contributed by atoms with E-state index in [1.54, 1.807) is 23.4 Å². The number of amides is 2. The van der Waals surface area contributed by atoms with Gasteiger partial charge in [-0.3, -0.25) is 9.59 Å². The number of likely N-dealkylation sites (N-methyl/N-ethyl adjacent to an activating group) is 1. The van der Waals surface area contributed by atoms with Crippen molar-refractivity contribution < 1.29 is 14.3 Å². The Balaban J connectivity index is 1.22. The number of ether oxygens (including phenoxy) is 1. The van der Waals surface area contributed by atoms with Crippen molar-refractivity contribution in [1.82, 2.24) is 24.4 Å². The number of pyridine rings is 1. The minimum Gasteiger partial charge on any atom is -0.370 e. The van der Waals surface area contributed by atoms with Crippen LogP contribution in [0, 0.1) is 12.3 Å². The Morgan fingerprint density at radius 3 is 2.65 bits per heavy atom. The van der Waals surface area contributed by atoms with Crippen LogP contribution in [-0.4, -0.2) is 75.6 Å². The van der Waals surface area contributed by atoms with Crippen LogP contribution in [0.5, 0.6) is 0 Å². The van der Waals surface area contributed by atoms with E-state index in [2.05, 4.69) is 25.8 Å².